The highest BCUT2D eigenvalue weighted by Crippen LogP contribution is 2.27. The number of nitrogens with one attached hydrogen (secondary N) is 3. The number of carbonyl (C=O) groups excluding carboxylic acids is 3. The van der Waals surface area contributed by atoms with Crippen LogP contribution in [0.2, 0.25) is 0 Å². The van der Waals surface area contributed by atoms with E-state index in [9.17, 15) is 14.4 Å². The van der Waals surface area contributed by atoms with Crippen LogP contribution in [0.1, 0.15) is 22.8 Å². The fraction of sp³-hybridized carbons (Fsp3) is 0.103. The number of para-hydroxylation sites is 1. The average molecular weight is 657 g/mol. The molecule has 5 aromatic rings. The van der Waals surface area contributed by atoms with Crippen molar-refractivity contribution in [1.29, 1.82) is 0 Å². The molecule has 0 fully saturated rings. The molecule has 5 aromatic carbocycles. The van der Waals surface area contributed by atoms with E-state index in [1.54, 1.807) is 54.6 Å². The van der Waals surface area contributed by atoms with Gasteiger partial charge in [-0.1, -0.05) is 48.5 Å². The molecule has 8 nitrogen and oxygen atoms in total. The van der Waals surface area contributed by atoms with Crippen molar-refractivity contribution in [2.75, 3.05) is 29.6 Å². The van der Waals surface area contributed by atoms with E-state index < -0.39 is 11.8 Å². The normalized spacial score (nSPS) is 11.6. The molecule has 0 saturated heterocycles. The third-order valence-corrected chi connectivity index (χ3v) is 8.26. The summed E-state index contributed by atoms with van der Waals surface area (Å²) in [7, 11) is 3.90. The van der Waals surface area contributed by atoms with E-state index in [4.69, 9.17) is 4.74 Å². The maximum atomic E-state index is 13.4. The maximum Gasteiger partial charge on any atom is 0.272 e. The number of hydrogen-bond acceptors (Lipinski definition) is 6. The Morgan fingerprint density at radius 3 is 1.88 bits per heavy atom. The van der Waals surface area contributed by atoms with Gasteiger partial charge < -0.3 is 25.6 Å². The Balaban J connectivity index is 1.19. The van der Waals surface area contributed by atoms with Gasteiger partial charge in [-0.05, 0) is 103 Å². The van der Waals surface area contributed by atoms with E-state index in [0.29, 0.717) is 22.7 Å². The monoisotopic (exact) mass is 656 g/mol. The number of anilines is 3. The van der Waals surface area contributed by atoms with Crippen molar-refractivity contribution in [3.63, 3.8) is 0 Å². The van der Waals surface area contributed by atoms with Crippen LogP contribution < -0.4 is 25.6 Å². The Morgan fingerprint density at radius 1 is 0.688 bits per heavy atom. The van der Waals surface area contributed by atoms with Crippen molar-refractivity contribution in [2.24, 2.45) is 0 Å². The topological polar surface area (TPSA) is 99.8 Å². The molecule has 0 heterocycles. The maximum absolute atomic E-state index is 13.4. The van der Waals surface area contributed by atoms with Crippen LogP contribution >= 0.6 is 11.8 Å². The number of thioether (sulfide) groups is 1. The standard InChI is InChI=1S/C39H36N4O4S/c1-27(37(44)40-30-16-22-34(23-17-30)47-33-12-8-5-9-13-33)48-35-24-18-31(19-25-35)41-39(46)36(42-38(45)29-10-6-4-7-11-29)26-28-14-20-32(21-15-28)43(2)3/h4-27H,1-3H3,(H,40,44)(H,41,46)(H,42,45)/b36-26-. The zero-order valence-corrected chi connectivity index (χ0v) is 27.7. The first-order valence-electron chi connectivity index (χ1n) is 15.3. The number of rotatable bonds is 12. The largest absolute Gasteiger partial charge is 0.457 e. The molecule has 0 bridgehead atoms. The minimum Gasteiger partial charge on any atom is -0.457 e. The number of carbonyl (C=O) groups is 3. The second-order valence-electron chi connectivity index (χ2n) is 11.0. The summed E-state index contributed by atoms with van der Waals surface area (Å²) in [5, 5.41) is 8.20. The highest BCUT2D eigenvalue weighted by Gasteiger charge is 2.17. The molecule has 5 rings (SSSR count). The molecule has 48 heavy (non-hydrogen) atoms. The van der Waals surface area contributed by atoms with E-state index in [1.165, 1.54) is 11.8 Å². The number of amides is 3. The van der Waals surface area contributed by atoms with Gasteiger partial charge >= 0.3 is 0 Å². The van der Waals surface area contributed by atoms with Crippen LogP contribution in [-0.2, 0) is 9.59 Å². The van der Waals surface area contributed by atoms with Crippen molar-refractivity contribution in [1.82, 2.24) is 5.32 Å². The van der Waals surface area contributed by atoms with Crippen LogP contribution in [-0.4, -0.2) is 37.1 Å². The predicted molar refractivity (Wildman–Crippen MR) is 195 cm³/mol. The molecule has 0 aliphatic rings. The van der Waals surface area contributed by atoms with Gasteiger partial charge in [-0.2, -0.15) is 0 Å². The van der Waals surface area contributed by atoms with E-state index in [0.717, 1.165) is 21.9 Å². The lowest BCUT2D eigenvalue weighted by Gasteiger charge is -2.14. The van der Waals surface area contributed by atoms with E-state index in [2.05, 4.69) is 16.0 Å². The summed E-state index contributed by atoms with van der Waals surface area (Å²) >= 11 is 1.40. The zero-order valence-electron chi connectivity index (χ0n) is 26.8. The second-order valence-corrected chi connectivity index (χ2v) is 12.4. The molecule has 0 aliphatic heterocycles. The van der Waals surface area contributed by atoms with Gasteiger partial charge in [0.25, 0.3) is 11.8 Å². The van der Waals surface area contributed by atoms with Crippen molar-refractivity contribution in [2.45, 2.75) is 17.1 Å². The van der Waals surface area contributed by atoms with Crippen molar-refractivity contribution < 1.29 is 19.1 Å². The summed E-state index contributed by atoms with van der Waals surface area (Å²) in [5.41, 5.74) is 3.52. The molecule has 3 amide bonds. The Bertz CT molecular complexity index is 1860. The second kappa shape index (κ2) is 16.2. The lowest BCUT2D eigenvalue weighted by molar-refractivity contribution is -0.115. The summed E-state index contributed by atoms with van der Waals surface area (Å²) in [6.07, 6.45) is 1.64. The van der Waals surface area contributed by atoms with Gasteiger partial charge in [0.15, 0.2) is 0 Å². The van der Waals surface area contributed by atoms with E-state index >= 15 is 0 Å². The van der Waals surface area contributed by atoms with Gasteiger partial charge in [-0.3, -0.25) is 14.4 Å². The molecule has 0 aliphatic carbocycles. The van der Waals surface area contributed by atoms with Crippen molar-refractivity contribution >= 4 is 52.6 Å². The number of ether oxygens (including phenoxy) is 1. The molecule has 242 valence electrons. The van der Waals surface area contributed by atoms with Crippen molar-refractivity contribution in [3.05, 3.63) is 150 Å². The van der Waals surface area contributed by atoms with Crippen LogP contribution in [0.25, 0.3) is 6.08 Å². The van der Waals surface area contributed by atoms with E-state index in [1.807, 2.05) is 111 Å². The molecule has 9 heteroatoms. The Labute approximate surface area is 284 Å². The quantitative estimate of drug-likeness (QED) is 0.0928. The summed E-state index contributed by atoms with van der Waals surface area (Å²) in [6.45, 7) is 1.83. The highest BCUT2D eigenvalue weighted by atomic mass is 32.2. The zero-order chi connectivity index (χ0) is 33.9. The summed E-state index contributed by atoms with van der Waals surface area (Å²) in [4.78, 5) is 42.1. The lowest BCUT2D eigenvalue weighted by atomic mass is 10.1. The Morgan fingerprint density at radius 2 is 1.25 bits per heavy atom. The smallest absolute Gasteiger partial charge is 0.272 e. The first-order valence-corrected chi connectivity index (χ1v) is 16.2. The third kappa shape index (κ3) is 9.60. The van der Waals surface area contributed by atoms with Gasteiger partial charge in [-0.25, -0.2) is 0 Å². The van der Waals surface area contributed by atoms with Crippen molar-refractivity contribution in [3.8, 4) is 11.5 Å². The lowest BCUT2D eigenvalue weighted by Crippen LogP contribution is -2.30. The Kier molecular flexibility index (Phi) is 11.3. The Hall–Kier alpha value is -5.80. The first-order chi connectivity index (χ1) is 23.2. The van der Waals surface area contributed by atoms with Gasteiger partial charge in [0.2, 0.25) is 5.91 Å². The molecule has 0 aromatic heterocycles. The molecule has 1 atom stereocenters. The number of hydrogen-bond donors (Lipinski definition) is 3. The summed E-state index contributed by atoms with van der Waals surface area (Å²) < 4.78 is 5.82. The fourth-order valence-corrected chi connectivity index (χ4v) is 5.39. The number of benzene rings is 5. The van der Waals surface area contributed by atoms with Gasteiger partial charge in [0.1, 0.15) is 17.2 Å². The summed E-state index contributed by atoms with van der Waals surface area (Å²) in [5.74, 6) is 0.412. The average Bonchev–Trinajstić information content (AvgIpc) is 3.10. The van der Waals surface area contributed by atoms with Crippen LogP contribution in [0, 0.1) is 0 Å². The minimum absolute atomic E-state index is 0.102. The molecular formula is C39H36N4O4S. The molecule has 3 N–H and O–H groups in total. The number of nitrogens with zero attached hydrogens (tertiary/aromatic N) is 1. The van der Waals surface area contributed by atoms with Gasteiger partial charge in [-0.15, -0.1) is 11.8 Å². The predicted octanol–water partition coefficient (Wildman–Crippen LogP) is 8.07. The molecular weight excluding hydrogens is 621 g/mol. The molecule has 0 radical (unpaired) electrons. The van der Waals surface area contributed by atoms with Gasteiger partial charge in [0.05, 0.1) is 5.25 Å². The summed E-state index contributed by atoms with van der Waals surface area (Å²) in [6, 6.07) is 40.3. The van der Waals surface area contributed by atoms with Crippen LogP contribution in [0.3, 0.4) is 0 Å². The third-order valence-electron chi connectivity index (χ3n) is 7.14. The van der Waals surface area contributed by atoms with Gasteiger partial charge in [0, 0.05) is 41.6 Å². The molecule has 0 spiro atoms. The highest BCUT2D eigenvalue weighted by molar-refractivity contribution is 8.00. The van der Waals surface area contributed by atoms with Crippen LogP contribution in [0.5, 0.6) is 11.5 Å². The van der Waals surface area contributed by atoms with Crippen LogP contribution in [0.15, 0.2) is 144 Å². The fourth-order valence-electron chi connectivity index (χ4n) is 4.53. The SMILES string of the molecule is CC(Sc1ccc(NC(=O)/C(=C/c2ccc(N(C)C)cc2)NC(=O)c2ccccc2)cc1)C(=O)Nc1ccc(Oc2ccccc2)cc1. The minimum atomic E-state index is -0.468. The van der Waals surface area contributed by atoms with Crippen LogP contribution in [0.4, 0.5) is 17.1 Å². The van der Waals surface area contributed by atoms with E-state index in [-0.39, 0.29) is 16.9 Å². The molecule has 0 saturated carbocycles. The molecule has 1 unspecified atom stereocenters. The first kappa shape index (κ1) is 33.6.